The van der Waals surface area contributed by atoms with E-state index >= 15 is 0 Å². The Hall–Kier alpha value is -1.06. The highest BCUT2D eigenvalue weighted by Gasteiger charge is 2.21. The molecule has 1 fully saturated rings. The smallest absolute Gasteiger partial charge is 0.238 e. The van der Waals surface area contributed by atoms with Gasteiger partial charge in [-0.3, -0.25) is 4.79 Å². The number of anilines is 1. The Labute approximate surface area is 100 Å². The molecular weight excluding hydrogens is 224 g/mol. The Bertz CT molecular complexity index is 402. The molecular formula is C12H15ClN2O. The van der Waals surface area contributed by atoms with E-state index in [0.29, 0.717) is 17.6 Å². The van der Waals surface area contributed by atoms with Crippen LogP contribution in [0.2, 0.25) is 5.02 Å². The first-order valence-corrected chi connectivity index (χ1v) is 5.82. The van der Waals surface area contributed by atoms with Crippen molar-refractivity contribution in [3.63, 3.8) is 0 Å². The van der Waals surface area contributed by atoms with Crippen LogP contribution in [-0.2, 0) is 4.79 Å². The molecule has 0 atom stereocenters. The van der Waals surface area contributed by atoms with Crippen molar-refractivity contribution in [2.24, 2.45) is 0 Å². The van der Waals surface area contributed by atoms with Gasteiger partial charge in [0.05, 0.1) is 6.54 Å². The van der Waals surface area contributed by atoms with Crippen LogP contribution in [0.5, 0.6) is 0 Å². The van der Waals surface area contributed by atoms with Gasteiger partial charge < -0.3 is 10.6 Å². The van der Waals surface area contributed by atoms with Crippen molar-refractivity contribution < 1.29 is 4.79 Å². The van der Waals surface area contributed by atoms with Crippen molar-refractivity contribution in [3.05, 3.63) is 28.8 Å². The Kier molecular flexibility index (Phi) is 3.46. The van der Waals surface area contributed by atoms with Crippen molar-refractivity contribution in [1.82, 2.24) is 5.32 Å². The molecule has 0 saturated heterocycles. The predicted octanol–water partition coefficient (Wildman–Crippen LogP) is 2.34. The molecule has 86 valence electrons. The molecule has 1 aliphatic carbocycles. The highest BCUT2D eigenvalue weighted by Crippen LogP contribution is 2.20. The molecule has 0 heterocycles. The van der Waals surface area contributed by atoms with Crippen molar-refractivity contribution in [2.45, 2.75) is 25.8 Å². The van der Waals surface area contributed by atoms with Gasteiger partial charge in [-0.2, -0.15) is 0 Å². The first-order chi connectivity index (χ1) is 7.65. The minimum Gasteiger partial charge on any atom is -0.325 e. The monoisotopic (exact) mass is 238 g/mol. The lowest BCUT2D eigenvalue weighted by atomic mass is 10.2. The lowest BCUT2D eigenvalue weighted by Crippen LogP contribution is -2.29. The highest BCUT2D eigenvalue weighted by molar-refractivity contribution is 6.31. The average Bonchev–Trinajstić information content (AvgIpc) is 3.04. The molecule has 1 aromatic rings. The molecule has 1 aliphatic rings. The Morgan fingerprint density at radius 1 is 1.50 bits per heavy atom. The SMILES string of the molecule is Cc1ccc(NC(=O)CNC2CC2)cc1Cl. The third kappa shape index (κ3) is 3.22. The summed E-state index contributed by atoms with van der Waals surface area (Å²) in [6.45, 7) is 2.30. The van der Waals surface area contributed by atoms with Crippen LogP contribution in [0.4, 0.5) is 5.69 Å². The number of halogens is 1. The lowest BCUT2D eigenvalue weighted by Gasteiger charge is -2.07. The summed E-state index contributed by atoms with van der Waals surface area (Å²) in [5.41, 5.74) is 1.76. The van der Waals surface area contributed by atoms with Crippen LogP contribution in [-0.4, -0.2) is 18.5 Å². The lowest BCUT2D eigenvalue weighted by molar-refractivity contribution is -0.115. The molecule has 2 N–H and O–H groups in total. The summed E-state index contributed by atoms with van der Waals surface area (Å²) in [5.74, 6) is -0.0215. The van der Waals surface area contributed by atoms with Crippen molar-refractivity contribution in [1.29, 1.82) is 0 Å². The fourth-order valence-electron chi connectivity index (χ4n) is 1.40. The molecule has 4 heteroatoms. The van der Waals surface area contributed by atoms with Gasteiger partial charge in [0, 0.05) is 16.8 Å². The fraction of sp³-hybridized carbons (Fsp3) is 0.417. The second kappa shape index (κ2) is 4.85. The maximum absolute atomic E-state index is 11.5. The summed E-state index contributed by atoms with van der Waals surface area (Å²) in [6.07, 6.45) is 2.37. The zero-order valence-electron chi connectivity index (χ0n) is 9.22. The first kappa shape index (κ1) is 11.4. The topological polar surface area (TPSA) is 41.1 Å². The predicted molar refractivity (Wildman–Crippen MR) is 65.8 cm³/mol. The molecule has 1 saturated carbocycles. The van der Waals surface area contributed by atoms with Gasteiger partial charge in [0.1, 0.15) is 0 Å². The van der Waals surface area contributed by atoms with Gasteiger partial charge in [-0.25, -0.2) is 0 Å². The molecule has 16 heavy (non-hydrogen) atoms. The molecule has 1 aromatic carbocycles. The van der Waals surface area contributed by atoms with Crippen molar-refractivity contribution >= 4 is 23.2 Å². The van der Waals surface area contributed by atoms with E-state index in [4.69, 9.17) is 11.6 Å². The van der Waals surface area contributed by atoms with Crippen molar-refractivity contribution in [2.75, 3.05) is 11.9 Å². The van der Waals surface area contributed by atoms with E-state index in [1.807, 2.05) is 19.1 Å². The zero-order valence-corrected chi connectivity index (χ0v) is 9.97. The molecule has 0 unspecified atom stereocenters. The number of amides is 1. The summed E-state index contributed by atoms with van der Waals surface area (Å²) in [7, 11) is 0. The summed E-state index contributed by atoms with van der Waals surface area (Å²) >= 11 is 5.97. The average molecular weight is 239 g/mol. The summed E-state index contributed by atoms with van der Waals surface area (Å²) in [6, 6.07) is 6.07. The second-order valence-corrected chi connectivity index (χ2v) is 4.57. The van der Waals surface area contributed by atoms with Crippen LogP contribution in [0.1, 0.15) is 18.4 Å². The van der Waals surface area contributed by atoms with Crippen LogP contribution < -0.4 is 10.6 Å². The summed E-state index contributed by atoms with van der Waals surface area (Å²) in [4.78, 5) is 11.5. The van der Waals surface area contributed by atoms with Gasteiger partial charge in [-0.05, 0) is 37.5 Å². The number of benzene rings is 1. The van der Waals surface area contributed by atoms with Gasteiger partial charge in [0.25, 0.3) is 0 Å². The van der Waals surface area contributed by atoms with Gasteiger partial charge in [0.2, 0.25) is 5.91 Å². The van der Waals surface area contributed by atoms with Gasteiger partial charge in [-0.15, -0.1) is 0 Å². The quantitative estimate of drug-likeness (QED) is 0.846. The number of rotatable bonds is 4. The highest BCUT2D eigenvalue weighted by atomic mass is 35.5. The van der Waals surface area contributed by atoms with Crippen LogP contribution >= 0.6 is 11.6 Å². The minimum absolute atomic E-state index is 0.0215. The van der Waals surface area contributed by atoms with E-state index in [-0.39, 0.29) is 5.91 Å². The standard InChI is InChI=1S/C12H15ClN2O/c1-8-2-3-10(6-11(8)13)15-12(16)7-14-9-4-5-9/h2-3,6,9,14H,4-5,7H2,1H3,(H,15,16). The minimum atomic E-state index is -0.0215. The number of carbonyl (C=O) groups excluding carboxylic acids is 1. The molecule has 3 nitrogen and oxygen atoms in total. The number of hydrogen-bond acceptors (Lipinski definition) is 2. The Morgan fingerprint density at radius 3 is 2.88 bits per heavy atom. The van der Waals surface area contributed by atoms with Crippen LogP contribution in [0.15, 0.2) is 18.2 Å². The molecule has 0 radical (unpaired) electrons. The number of hydrogen-bond donors (Lipinski definition) is 2. The molecule has 0 spiro atoms. The van der Waals surface area contributed by atoms with Crippen molar-refractivity contribution in [3.8, 4) is 0 Å². The molecule has 0 aliphatic heterocycles. The summed E-state index contributed by atoms with van der Waals surface area (Å²) in [5, 5.41) is 6.64. The largest absolute Gasteiger partial charge is 0.325 e. The normalized spacial score (nSPS) is 14.9. The third-order valence-corrected chi connectivity index (χ3v) is 2.99. The Balaban J connectivity index is 1.86. The van der Waals surface area contributed by atoms with Gasteiger partial charge in [-0.1, -0.05) is 17.7 Å². The van der Waals surface area contributed by atoms with E-state index in [0.717, 1.165) is 11.3 Å². The zero-order chi connectivity index (χ0) is 11.5. The molecule has 0 bridgehead atoms. The molecule has 2 rings (SSSR count). The maximum atomic E-state index is 11.5. The van der Waals surface area contributed by atoms with Crippen LogP contribution in [0.3, 0.4) is 0 Å². The van der Waals surface area contributed by atoms with Crippen LogP contribution in [0.25, 0.3) is 0 Å². The van der Waals surface area contributed by atoms with Gasteiger partial charge >= 0.3 is 0 Å². The fourth-order valence-corrected chi connectivity index (χ4v) is 1.58. The van der Waals surface area contributed by atoms with E-state index in [1.54, 1.807) is 6.07 Å². The first-order valence-electron chi connectivity index (χ1n) is 5.44. The number of aryl methyl sites for hydroxylation is 1. The molecule has 1 amide bonds. The number of carbonyl (C=O) groups is 1. The van der Waals surface area contributed by atoms with E-state index < -0.39 is 0 Å². The third-order valence-electron chi connectivity index (χ3n) is 2.58. The van der Waals surface area contributed by atoms with E-state index in [1.165, 1.54) is 12.8 Å². The Morgan fingerprint density at radius 2 is 2.25 bits per heavy atom. The molecule has 0 aromatic heterocycles. The van der Waals surface area contributed by atoms with Gasteiger partial charge in [0.15, 0.2) is 0 Å². The number of nitrogens with one attached hydrogen (secondary N) is 2. The van der Waals surface area contributed by atoms with Crippen LogP contribution in [0, 0.1) is 6.92 Å². The van der Waals surface area contributed by atoms with E-state index in [2.05, 4.69) is 10.6 Å². The second-order valence-electron chi connectivity index (χ2n) is 4.17. The van der Waals surface area contributed by atoms with E-state index in [9.17, 15) is 4.79 Å². The maximum Gasteiger partial charge on any atom is 0.238 e. The summed E-state index contributed by atoms with van der Waals surface area (Å²) < 4.78 is 0.